The molecule has 0 aliphatic carbocycles. The minimum atomic E-state index is 0.274. The highest BCUT2D eigenvalue weighted by Gasteiger charge is 2.00. The molecule has 3 nitrogen and oxygen atoms in total. The van der Waals surface area contributed by atoms with Gasteiger partial charge in [-0.05, 0) is 11.5 Å². The summed E-state index contributed by atoms with van der Waals surface area (Å²) in [6.07, 6.45) is 0. The topological polar surface area (TPSA) is 53.5 Å². The van der Waals surface area contributed by atoms with Gasteiger partial charge >= 0.3 is 0 Å². The first-order valence-electron chi connectivity index (χ1n) is 6.57. The van der Waals surface area contributed by atoms with Gasteiger partial charge in [0.15, 0.2) is 0 Å². The molecule has 0 spiro atoms. The Morgan fingerprint density at radius 2 is 1.65 bits per heavy atom. The lowest BCUT2D eigenvalue weighted by Crippen LogP contribution is -2.94. The van der Waals surface area contributed by atoms with Gasteiger partial charge in [-0.15, -0.1) is 0 Å². The molecule has 0 heterocycles. The van der Waals surface area contributed by atoms with Gasteiger partial charge in [0.05, 0.1) is 13.2 Å². The highest BCUT2D eigenvalue weighted by molar-refractivity contribution is 5.23. The molecule has 0 unspecified atom stereocenters. The van der Waals surface area contributed by atoms with Gasteiger partial charge in [0.25, 0.3) is 0 Å². The molecule has 0 atom stereocenters. The Balaban J connectivity index is 2.19. The van der Waals surface area contributed by atoms with Gasteiger partial charge in [-0.3, -0.25) is 0 Å². The van der Waals surface area contributed by atoms with E-state index in [-0.39, 0.29) is 6.61 Å². The van der Waals surface area contributed by atoms with E-state index in [1.807, 2.05) is 0 Å². The van der Waals surface area contributed by atoms with E-state index in [0.29, 0.717) is 5.92 Å². The second-order valence-electron chi connectivity index (χ2n) is 4.77. The number of nitrogens with two attached hydrogens (primary N) is 2. The zero-order valence-corrected chi connectivity index (χ0v) is 11.0. The molecule has 3 heteroatoms. The molecule has 5 N–H and O–H groups in total. The summed E-state index contributed by atoms with van der Waals surface area (Å²) in [6.45, 7) is 8.76. The van der Waals surface area contributed by atoms with E-state index in [4.69, 9.17) is 5.11 Å². The fourth-order valence-corrected chi connectivity index (χ4v) is 1.78. The molecule has 1 rings (SSSR count). The molecule has 0 aliphatic heterocycles. The predicted molar refractivity (Wildman–Crippen MR) is 69.8 cm³/mol. The molecule has 0 radical (unpaired) electrons. The third-order valence-electron chi connectivity index (χ3n) is 2.93. The summed E-state index contributed by atoms with van der Waals surface area (Å²) in [4.78, 5) is 0. The lowest BCUT2D eigenvalue weighted by atomic mass is 10.0. The maximum absolute atomic E-state index is 8.63. The molecule has 1 aromatic carbocycles. The number of aliphatic hydroxyl groups excluding tert-OH is 1. The van der Waals surface area contributed by atoms with Crippen LogP contribution in [0.25, 0.3) is 0 Å². The molecule has 96 valence electrons. The van der Waals surface area contributed by atoms with Crippen LogP contribution in [0.4, 0.5) is 0 Å². The van der Waals surface area contributed by atoms with E-state index in [1.54, 1.807) is 0 Å². The molecule has 1 aromatic rings. The van der Waals surface area contributed by atoms with Gasteiger partial charge in [-0.25, -0.2) is 0 Å². The molecule has 0 aromatic heterocycles. The van der Waals surface area contributed by atoms with Gasteiger partial charge < -0.3 is 15.7 Å². The molecule has 0 bridgehead atoms. The van der Waals surface area contributed by atoms with Gasteiger partial charge in [0.2, 0.25) is 0 Å². The number of benzene rings is 1. The molecule has 0 fully saturated rings. The average Bonchev–Trinajstić information content (AvgIpc) is 2.34. The molecule has 0 saturated heterocycles. The zero-order chi connectivity index (χ0) is 12.5. The van der Waals surface area contributed by atoms with Crippen molar-refractivity contribution in [1.82, 2.24) is 0 Å². The Morgan fingerprint density at radius 3 is 2.24 bits per heavy atom. The quantitative estimate of drug-likeness (QED) is 0.522. The third-order valence-corrected chi connectivity index (χ3v) is 2.93. The second-order valence-corrected chi connectivity index (χ2v) is 4.77. The first-order chi connectivity index (χ1) is 8.24. The van der Waals surface area contributed by atoms with Crippen LogP contribution >= 0.6 is 0 Å². The fourth-order valence-electron chi connectivity index (χ4n) is 1.78. The van der Waals surface area contributed by atoms with Crippen LogP contribution < -0.4 is 10.6 Å². The summed E-state index contributed by atoms with van der Waals surface area (Å²) >= 11 is 0. The predicted octanol–water partition coefficient (Wildman–Crippen LogP) is -0.571. The lowest BCUT2D eigenvalue weighted by Gasteiger charge is -2.06. The summed E-state index contributed by atoms with van der Waals surface area (Å²) < 4.78 is 0. The van der Waals surface area contributed by atoms with Crippen molar-refractivity contribution in [3.8, 4) is 0 Å². The zero-order valence-electron chi connectivity index (χ0n) is 11.0. The Bertz CT molecular complexity index is 296. The number of rotatable bonds is 8. The van der Waals surface area contributed by atoms with E-state index >= 15 is 0 Å². The Morgan fingerprint density at radius 1 is 1.00 bits per heavy atom. The maximum Gasteiger partial charge on any atom is 0.125 e. The van der Waals surface area contributed by atoms with E-state index in [1.165, 1.54) is 11.1 Å². The minimum Gasteiger partial charge on any atom is -0.391 e. The number of hydrogen-bond donors (Lipinski definition) is 3. The van der Waals surface area contributed by atoms with Crippen molar-refractivity contribution >= 4 is 0 Å². The third kappa shape index (κ3) is 5.82. The summed E-state index contributed by atoms with van der Waals surface area (Å²) in [5.41, 5.74) is 2.79. The van der Waals surface area contributed by atoms with Crippen LogP contribution in [-0.4, -0.2) is 31.3 Å². The highest BCUT2D eigenvalue weighted by atomic mass is 16.3. The van der Waals surface area contributed by atoms with Crippen molar-refractivity contribution in [3.05, 3.63) is 35.4 Å². The van der Waals surface area contributed by atoms with Crippen LogP contribution in [0.1, 0.15) is 30.9 Å². The van der Waals surface area contributed by atoms with Crippen LogP contribution in [0.5, 0.6) is 0 Å². The minimum absolute atomic E-state index is 0.274. The van der Waals surface area contributed by atoms with E-state index in [0.717, 1.165) is 26.2 Å². The van der Waals surface area contributed by atoms with Crippen molar-refractivity contribution < 1.29 is 15.7 Å². The molecular weight excluding hydrogens is 212 g/mol. The smallest absolute Gasteiger partial charge is 0.125 e. The molecule has 17 heavy (non-hydrogen) atoms. The summed E-state index contributed by atoms with van der Waals surface area (Å²) in [5.74, 6) is 0.612. The van der Waals surface area contributed by atoms with Crippen molar-refractivity contribution in [3.63, 3.8) is 0 Å². The van der Waals surface area contributed by atoms with Gasteiger partial charge in [0, 0.05) is 5.56 Å². The molecular formula is C14H26N2O+2. The van der Waals surface area contributed by atoms with Gasteiger partial charge in [-0.2, -0.15) is 0 Å². The summed E-state index contributed by atoms with van der Waals surface area (Å²) in [5, 5.41) is 13.1. The van der Waals surface area contributed by atoms with Crippen molar-refractivity contribution in [1.29, 1.82) is 0 Å². The van der Waals surface area contributed by atoms with Gasteiger partial charge in [-0.1, -0.05) is 38.1 Å². The Hall–Kier alpha value is -0.900. The second kappa shape index (κ2) is 8.23. The molecule has 0 amide bonds. The largest absolute Gasteiger partial charge is 0.391 e. The average molecular weight is 238 g/mol. The van der Waals surface area contributed by atoms with Crippen LogP contribution in [0.15, 0.2) is 24.3 Å². The first kappa shape index (κ1) is 14.2. The molecule has 0 saturated carbocycles. The van der Waals surface area contributed by atoms with Gasteiger partial charge in [0.1, 0.15) is 19.6 Å². The normalized spacial score (nSPS) is 11.1. The lowest BCUT2D eigenvalue weighted by molar-refractivity contribution is -0.731. The monoisotopic (exact) mass is 238 g/mol. The van der Waals surface area contributed by atoms with E-state index < -0.39 is 0 Å². The van der Waals surface area contributed by atoms with Crippen LogP contribution in [0.3, 0.4) is 0 Å². The van der Waals surface area contributed by atoms with Crippen LogP contribution in [0, 0.1) is 0 Å². The van der Waals surface area contributed by atoms with Crippen molar-refractivity contribution in [2.24, 2.45) is 0 Å². The van der Waals surface area contributed by atoms with Crippen LogP contribution in [-0.2, 0) is 6.54 Å². The van der Waals surface area contributed by atoms with E-state index in [9.17, 15) is 0 Å². The molecule has 0 aliphatic rings. The highest BCUT2D eigenvalue weighted by Crippen LogP contribution is 2.13. The first-order valence-corrected chi connectivity index (χ1v) is 6.57. The number of aliphatic hydroxyl groups is 1. The van der Waals surface area contributed by atoms with Crippen molar-refractivity contribution in [2.45, 2.75) is 26.3 Å². The van der Waals surface area contributed by atoms with Crippen molar-refractivity contribution in [2.75, 3.05) is 26.2 Å². The van der Waals surface area contributed by atoms with E-state index in [2.05, 4.69) is 48.7 Å². The number of hydrogen-bond acceptors (Lipinski definition) is 1. The SMILES string of the molecule is CC(C)c1ccc(C[NH2+]CC[NH2+]CCO)cc1. The Labute approximate surface area is 104 Å². The van der Waals surface area contributed by atoms with Crippen LogP contribution in [0.2, 0.25) is 0 Å². The maximum atomic E-state index is 8.63. The summed E-state index contributed by atoms with van der Waals surface area (Å²) in [7, 11) is 0. The standard InChI is InChI=1S/C14H24N2O/c1-12(2)14-5-3-13(4-6-14)11-16-8-7-15-9-10-17/h3-6,12,15-17H,7-11H2,1-2H3/p+2. The fraction of sp³-hybridized carbons (Fsp3) is 0.571. The Kier molecular flexibility index (Phi) is 6.86. The number of quaternary nitrogens is 2. The summed E-state index contributed by atoms with van der Waals surface area (Å²) in [6, 6.07) is 8.91.